The summed E-state index contributed by atoms with van der Waals surface area (Å²) in [7, 11) is 0. The van der Waals surface area contributed by atoms with Gasteiger partial charge in [0, 0.05) is 6.04 Å². The molecular weight excluding hydrogens is 276 g/mol. The van der Waals surface area contributed by atoms with Crippen LogP contribution in [-0.4, -0.2) is 4.98 Å². The Hall–Kier alpha value is -1.71. The monoisotopic (exact) mass is 296 g/mol. The number of aryl methyl sites for hydroxylation is 1. The number of rotatable bonds is 4. The summed E-state index contributed by atoms with van der Waals surface area (Å²) < 4.78 is 1.25. The van der Waals surface area contributed by atoms with Crippen LogP contribution in [0.1, 0.15) is 42.1 Å². The summed E-state index contributed by atoms with van der Waals surface area (Å²) in [6.07, 6.45) is 0. The minimum atomic E-state index is 0.249. The molecule has 1 N–H and O–H groups in total. The van der Waals surface area contributed by atoms with Gasteiger partial charge in [0.15, 0.2) is 0 Å². The molecule has 2 unspecified atom stereocenters. The van der Waals surface area contributed by atoms with E-state index in [0.29, 0.717) is 6.04 Å². The van der Waals surface area contributed by atoms with Crippen molar-refractivity contribution in [2.75, 3.05) is 0 Å². The fraction of sp³-hybridized carbons (Fsp3) is 0.278. The Kier molecular flexibility index (Phi) is 4.04. The molecule has 21 heavy (non-hydrogen) atoms. The second-order valence-corrected chi connectivity index (χ2v) is 6.60. The van der Waals surface area contributed by atoms with Gasteiger partial charge in [-0.2, -0.15) is 0 Å². The number of benzene rings is 2. The van der Waals surface area contributed by atoms with Crippen molar-refractivity contribution in [2.45, 2.75) is 32.9 Å². The normalized spacial score (nSPS) is 14.2. The molecule has 0 aliphatic carbocycles. The van der Waals surface area contributed by atoms with Gasteiger partial charge in [-0.25, -0.2) is 4.98 Å². The molecule has 0 aliphatic rings. The summed E-state index contributed by atoms with van der Waals surface area (Å²) >= 11 is 1.77. The Bertz CT molecular complexity index is 697. The zero-order valence-corrected chi connectivity index (χ0v) is 13.4. The molecule has 0 fully saturated rings. The largest absolute Gasteiger partial charge is 0.302 e. The highest BCUT2D eigenvalue weighted by molar-refractivity contribution is 7.18. The molecule has 2 nitrogen and oxygen atoms in total. The number of nitrogens with one attached hydrogen (secondary N) is 1. The van der Waals surface area contributed by atoms with Crippen molar-refractivity contribution in [1.82, 2.24) is 10.3 Å². The minimum Gasteiger partial charge on any atom is -0.302 e. The van der Waals surface area contributed by atoms with Gasteiger partial charge in [-0.05, 0) is 38.5 Å². The van der Waals surface area contributed by atoms with Crippen molar-refractivity contribution in [3.05, 3.63) is 64.7 Å². The first-order valence-corrected chi connectivity index (χ1v) is 8.13. The van der Waals surface area contributed by atoms with E-state index in [1.807, 2.05) is 6.07 Å². The van der Waals surface area contributed by atoms with Crippen LogP contribution in [-0.2, 0) is 0 Å². The van der Waals surface area contributed by atoms with Crippen LogP contribution in [0.15, 0.2) is 48.5 Å². The second-order valence-electron chi connectivity index (χ2n) is 5.54. The topological polar surface area (TPSA) is 24.9 Å². The number of aromatic nitrogens is 1. The molecule has 3 heteroatoms. The van der Waals surface area contributed by atoms with Gasteiger partial charge in [0.2, 0.25) is 0 Å². The number of fused-ring (bicyclic) bond motifs is 1. The van der Waals surface area contributed by atoms with E-state index in [-0.39, 0.29) is 6.04 Å². The maximum atomic E-state index is 4.73. The molecule has 3 aromatic rings. The van der Waals surface area contributed by atoms with Gasteiger partial charge in [-0.3, -0.25) is 0 Å². The predicted octanol–water partition coefficient (Wildman–Crippen LogP) is 5.02. The van der Waals surface area contributed by atoms with Gasteiger partial charge in [0.25, 0.3) is 0 Å². The summed E-state index contributed by atoms with van der Waals surface area (Å²) in [5.41, 5.74) is 3.70. The molecule has 0 radical (unpaired) electrons. The average molecular weight is 296 g/mol. The molecule has 0 aliphatic heterocycles. The lowest BCUT2D eigenvalue weighted by molar-refractivity contribution is 0.493. The SMILES string of the molecule is Cc1ccc(C(C)NC(C)c2nc3ccccc3s2)cc1. The summed E-state index contributed by atoms with van der Waals surface area (Å²) in [4.78, 5) is 4.73. The van der Waals surface area contributed by atoms with Gasteiger partial charge in [-0.15, -0.1) is 11.3 Å². The van der Waals surface area contributed by atoms with E-state index in [4.69, 9.17) is 4.98 Å². The molecule has 0 saturated carbocycles. The predicted molar refractivity (Wildman–Crippen MR) is 90.8 cm³/mol. The minimum absolute atomic E-state index is 0.249. The van der Waals surface area contributed by atoms with Crippen LogP contribution in [0.25, 0.3) is 10.2 Å². The Balaban J connectivity index is 1.75. The molecular formula is C18H20N2S. The fourth-order valence-corrected chi connectivity index (χ4v) is 3.45. The first-order valence-electron chi connectivity index (χ1n) is 7.31. The van der Waals surface area contributed by atoms with E-state index in [0.717, 1.165) is 10.5 Å². The number of hydrogen-bond acceptors (Lipinski definition) is 3. The molecule has 0 bridgehead atoms. The van der Waals surface area contributed by atoms with E-state index in [2.05, 4.69) is 68.6 Å². The van der Waals surface area contributed by atoms with E-state index in [1.54, 1.807) is 11.3 Å². The van der Waals surface area contributed by atoms with E-state index in [1.165, 1.54) is 15.8 Å². The van der Waals surface area contributed by atoms with Crippen molar-refractivity contribution < 1.29 is 0 Å². The first kappa shape index (κ1) is 14.2. The van der Waals surface area contributed by atoms with Crippen molar-refractivity contribution in [3.63, 3.8) is 0 Å². The zero-order chi connectivity index (χ0) is 14.8. The summed E-state index contributed by atoms with van der Waals surface area (Å²) in [6.45, 7) is 6.50. The highest BCUT2D eigenvalue weighted by atomic mass is 32.1. The molecule has 1 aromatic heterocycles. The summed E-state index contributed by atoms with van der Waals surface area (Å²) in [5, 5.41) is 4.79. The highest BCUT2D eigenvalue weighted by Crippen LogP contribution is 2.27. The van der Waals surface area contributed by atoms with Crippen LogP contribution < -0.4 is 5.32 Å². The van der Waals surface area contributed by atoms with Crippen molar-refractivity contribution in [1.29, 1.82) is 0 Å². The van der Waals surface area contributed by atoms with E-state index < -0.39 is 0 Å². The quantitative estimate of drug-likeness (QED) is 0.731. The standard InChI is InChI=1S/C18H20N2S/c1-12-8-10-15(11-9-12)13(2)19-14(3)18-20-16-6-4-5-7-17(16)21-18/h4-11,13-14,19H,1-3H3. The molecule has 2 aromatic carbocycles. The third-order valence-corrected chi connectivity index (χ3v) is 4.98. The third-order valence-electron chi connectivity index (χ3n) is 3.76. The summed E-state index contributed by atoms with van der Waals surface area (Å²) in [5.74, 6) is 0. The highest BCUT2D eigenvalue weighted by Gasteiger charge is 2.14. The van der Waals surface area contributed by atoms with Crippen LogP contribution in [0, 0.1) is 6.92 Å². The van der Waals surface area contributed by atoms with Crippen molar-refractivity contribution in [2.24, 2.45) is 0 Å². The maximum Gasteiger partial charge on any atom is 0.111 e. The van der Waals surface area contributed by atoms with E-state index in [9.17, 15) is 0 Å². The Morgan fingerprint density at radius 2 is 1.67 bits per heavy atom. The van der Waals surface area contributed by atoms with Crippen LogP contribution in [0.2, 0.25) is 0 Å². The number of hydrogen-bond donors (Lipinski definition) is 1. The van der Waals surface area contributed by atoms with Gasteiger partial charge in [-0.1, -0.05) is 42.0 Å². The molecule has 3 rings (SSSR count). The molecule has 0 spiro atoms. The smallest absolute Gasteiger partial charge is 0.111 e. The van der Waals surface area contributed by atoms with Crippen LogP contribution in [0.4, 0.5) is 0 Å². The van der Waals surface area contributed by atoms with Gasteiger partial charge < -0.3 is 5.32 Å². The lowest BCUT2D eigenvalue weighted by Crippen LogP contribution is -2.22. The zero-order valence-electron chi connectivity index (χ0n) is 12.6. The lowest BCUT2D eigenvalue weighted by Gasteiger charge is -2.19. The maximum absolute atomic E-state index is 4.73. The van der Waals surface area contributed by atoms with Crippen LogP contribution in [0.3, 0.4) is 0 Å². The third kappa shape index (κ3) is 3.14. The molecule has 0 amide bonds. The second kappa shape index (κ2) is 5.96. The average Bonchev–Trinajstić information content (AvgIpc) is 2.92. The number of thiazole rings is 1. The molecule has 108 valence electrons. The molecule has 1 heterocycles. The van der Waals surface area contributed by atoms with Gasteiger partial charge in [0.1, 0.15) is 5.01 Å². The van der Waals surface area contributed by atoms with Crippen molar-refractivity contribution in [3.8, 4) is 0 Å². The van der Waals surface area contributed by atoms with Crippen molar-refractivity contribution >= 4 is 21.6 Å². The van der Waals surface area contributed by atoms with Gasteiger partial charge >= 0.3 is 0 Å². The van der Waals surface area contributed by atoms with Crippen LogP contribution in [0.5, 0.6) is 0 Å². The molecule has 0 saturated heterocycles. The Labute approximate surface area is 129 Å². The Morgan fingerprint density at radius 1 is 0.952 bits per heavy atom. The van der Waals surface area contributed by atoms with Crippen LogP contribution >= 0.6 is 11.3 Å². The van der Waals surface area contributed by atoms with E-state index >= 15 is 0 Å². The Morgan fingerprint density at radius 3 is 2.38 bits per heavy atom. The molecule has 2 atom stereocenters. The first-order chi connectivity index (χ1) is 10.1. The lowest BCUT2D eigenvalue weighted by atomic mass is 10.1. The fourth-order valence-electron chi connectivity index (χ4n) is 2.47. The number of nitrogens with zero attached hydrogens (tertiary/aromatic N) is 1. The van der Waals surface area contributed by atoms with Gasteiger partial charge in [0.05, 0.1) is 16.3 Å². The number of para-hydroxylation sites is 1. The summed E-state index contributed by atoms with van der Waals surface area (Å²) in [6, 6.07) is 17.6.